The van der Waals surface area contributed by atoms with Crippen LogP contribution in [0.4, 0.5) is 0 Å². The van der Waals surface area contributed by atoms with Crippen molar-refractivity contribution in [3.05, 3.63) is 12.2 Å². The van der Waals surface area contributed by atoms with E-state index in [4.69, 9.17) is 10.5 Å². The average molecular weight is 354 g/mol. The predicted molar refractivity (Wildman–Crippen MR) is 108 cm³/mol. The van der Waals surface area contributed by atoms with E-state index in [1.807, 2.05) is 0 Å². The van der Waals surface area contributed by atoms with E-state index >= 15 is 0 Å². The highest BCUT2D eigenvalue weighted by Gasteiger charge is 2.49. The van der Waals surface area contributed by atoms with Crippen LogP contribution in [0.3, 0.4) is 0 Å². The van der Waals surface area contributed by atoms with Gasteiger partial charge >= 0.3 is 5.97 Å². The minimum absolute atomic E-state index is 0.130. The molecule has 0 rings (SSSR count). The first kappa shape index (κ1) is 24.2. The molecule has 0 saturated heterocycles. The summed E-state index contributed by atoms with van der Waals surface area (Å²) in [6.07, 6.45) is 12.7. The van der Waals surface area contributed by atoms with Crippen LogP contribution in [0.1, 0.15) is 112 Å². The van der Waals surface area contributed by atoms with Crippen LogP contribution in [-0.4, -0.2) is 11.7 Å². The van der Waals surface area contributed by atoms with E-state index in [0.717, 1.165) is 77.0 Å². The zero-order valence-electron chi connectivity index (χ0n) is 17.6. The highest BCUT2D eigenvalue weighted by Crippen LogP contribution is 2.47. The van der Waals surface area contributed by atoms with Gasteiger partial charge in [-0.2, -0.15) is 0 Å². The van der Waals surface area contributed by atoms with Crippen molar-refractivity contribution in [2.75, 3.05) is 0 Å². The molecule has 0 radical (unpaired) electrons. The molecule has 0 bridgehead atoms. The van der Waals surface area contributed by atoms with Crippen molar-refractivity contribution in [2.45, 2.75) is 117 Å². The van der Waals surface area contributed by atoms with Gasteiger partial charge in [0.15, 0.2) is 5.72 Å². The Morgan fingerprint density at radius 2 is 1.20 bits per heavy atom. The number of unbranched alkanes of at least 4 members (excludes halogenated alkanes) is 4. The lowest BCUT2D eigenvalue weighted by Gasteiger charge is -2.48. The van der Waals surface area contributed by atoms with Crippen LogP contribution in [0.2, 0.25) is 0 Å². The number of nitrogens with two attached hydrogens (primary N) is 1. The molecule has 25 heavy (non-hydrogen) atoms. The molecule has 3 heteroatoms. The molecule has 1 unspecified atom stereocenters. The van der Waals surface area contributed by atoms with Crippen LogP contribution < -0.4 is 5.73 Å². The fourth-order valence-corrected chi connectivity index (χ4v) is 3.67. The quantitative estimate of drug-likeness (QED) is 0.207. The van der Waals surface area contributed by atoms with E-state index in [2.05, 4.69) is 34.3 Å². The molecule has 0 fully saturated rings. The summed E-state index contributed by atoms with van der Waals surface area (Å²) in [6, 6.07) is 0. The lowest BCUT2D eigenvalue weighted by atomic mass is 9.65. The molecule has 148 valence electrons. The van der Waals surface area contributed by atoms with Crippen LogP contribution in [0.25, 0.3) is 0 Å². The van der Waals surface area contributed by atoms with E-state index in [0.29, 0.717) is 5.57 Å². The van der Waals surface area contributed by atoms with Gasteiger partial charge in [-0.15, -0.1) is 0 Å². The average Bonchev–Trinajstić information content (AvgIpc) is 2.59. The number of hydrogen-bond acceptors (Lipinski definition) is 3. The molecule has 0 amide bonds. The van der Waals surface area contributed by atoms with Gasteiger partial charge < -0.3 is 4.74 Å². The number of carbonyl (C=O) groups is 1. The topological polar surface area (TPSA) is 52.3 Å². The van der Waals surface area contributed by atoms with Gasteiger partial charge in [0.2, 0.25) is 0 Å². The Morgan fingerprint density at radius 3 is 1.52 bits per heavy atom. The lowest BCUT2D eigenvalue weighted by molar-refractivity contribution is -0.179. The summed E-state index contributed by atoms with van der Waals surface area (Å²) >= 11 is 0. The first-order valence-electron chi connectivity index (χ1n) is 10.5. The summed E-state index contributed by atoms with van der Waals surface area (Å²) in [5.74, 6) is -0.340. The maximum atomic E-state index is 12.4. The second-order valence-electron chi connectivity index (χ2n) is 7.75. The first-order chi connectivity index (χ1) is 11.8. The Morgan fingerprint density at radius 1 is 0.840 bits per heavy atom. The summed E-state index contributed by atoms with van der Waals surface area (Å²) in [6.45, 7) is 14.3. The second kappa shape index (κ2) is 12.5. The molecule has 0 aromatic rings. The fraction of sp³-hybridized carbons (Fsp3) is 0.864. The van der Waals surface area contributed by atoms with E-state index in [1.165, 1.54) is 0 Å². The molecule has 2 N–H and O–H groups in total. The van der Waals surface area contributed by atoms with Crippen molar-refractivity contribution in [2.24, 2.45) is 11.1 Å². The smallest absolute Gasteiger partial charge is 0.334 e. The normalized spacial score (nSPS) is 14.2. The Hall–Kier alpha value is -0.830. The van der Waals surface area contributed by atoms with Crippen LogP contribution in [0, 0.1) is 5.41 Å². The van der Waals surface area contributed by atoms with Crippen molar-refractivity contribution < 1.29 is 9.53 Å². The molecule has 3 nitrogen and oxygen atoms in total. The number of carbonyl (C=O) groups excluding carboxylic acids is 1. The Bertz CT molecular complexity index is 370. The molecule has 0 aliphatic heterocycles. The van der Waals surface area contributed by atoms with Crippen LogP contribution in [0.15, 0.2) is 12.2 Å². The molecule has 0 aliphatic rings. The molecule has 0 saturated carbocycles. The first-order valence-corrected chi connectivity index (χ1v) is 10.5. The van der Waals surface area contributed by atoms with Crippen molar-refractivity contribution in [1.82, 2.24) is 0 Å². The van der Waals surface area contributed by atoms with Gasteiger partial charge in [0, 0.05) is 17.4 Å². The Labute approximate surface area is 156 Å². The van der Waals surface area contributed by atoms with Gasteiger partial charge in [-0.1, -0.05) is 79.2 Å². The molecule has 0 aromatic carbocycles. The third kappa shape index (κ3) is 7.52. The number of hydrogen-bond donors (Lipinski definition) is 1. The third-order valence-corrected chi connectivity index (χ3v) is 5.45. The van der Waals surface area contributed by atoms with Crippen molar-refractivity contribution in [3.63, 3.8) is 0 Å². The number of ether oxygens (including phenoxy) is 1. The maximum absolute atomic E-state index is 12.4. The highest BCUT2D eigenvalue weighted by molar-refractivity contribution is 5.87. The zero-order chi connectivity index (χ0) is 19.3. The number of rotatable bonds is 15. The summed E-state index contributed by atoms with van der Waals surface area (Å²) in [5.41, 5.74) is 6.35. The van der Waals surface area contributed by atoms with Gasteiger partial charge in [0.25, 0.3) is 0 Å². The fourth-order valence-electron chi connectivity index (χ4n) is 3.67. The molecular weight excluding hydrogens is 310 g/mol. The van der Waals surface area contributed by atoms with Gasteiger partial charge in [0.1, 0.15) is 0 Å². The molecule has 1 atom stereocenters. The number of esters is 1. The van der Waals surface area contributed by atoms with E-state index in [9.17, 15) is 4.79 Å². The zero-order valence-corrected chi connectivity index (χ0v) is 17.6. The maximum Gasteiger partial charge on any atom is 0.334 e. The minimum Gasteiger partial charge on any atom is -0.440 e. The SMILES string of the molecule is C=C(C)C(=O)OC(N)(CCCC)C(CCCC)(CCCC)CCCC. The molecule has 0 aliphatic carbocycles. The van der Waals surface area contributed by atoms with E-state index < -0.39 is 5.72 Å². The van der Waals surface area contributed by atoms with Gasteiger partial charge in [0.05, 0.1) is 0 Å². The predicted octanol–water partition coefficient (Wildman–Crippen LogP) is 6.51. The summed E-state index contributed by atoms with van der Waals surface area (Å²) in [5, 5.41) is 0. The van der Waals surface area contributed by atoms with Gasteiger partial charge in [-0.25, -0.2) is 4.79 Å². The Kier molecular flexibility index (Phi) is 12.1. The van der Waals surface area contributed by atoms with Crippen molar-refractivity contribution >= 4 is 5.97 Å². The summed E-state index contributed by atoms with van der Waals surface area (Å²) in [4.78, 5) is 12.4. The van der Waals surface area contributed by atoms with Crippen LogP contribution >= 0.6 is 0 Å². The molecule has 0 aromatic heterocycles. The van der Waals surface area contributed by atoms with Crippen LogP contribution in [-0.2, 0) is 9.53 Å². The van der Waals surface area contributed by atoms with Gasteiger partial charge in [-0.05, 0) is 32.6 Å². The standard InChI is InChI=1S/C22H43NO2/c1-7-11-15-21(16-12-8-2,17-13-9-3)22(23,18-14-10-4)25-20(24)19(5)6/h5,7-18,23H2,1-4,6H3. The van der Waals surface area contributed by atoms with Crippen LogP contribution in [0.5, 0.6) is 0 Å². The summed E-state index contributed by atoms with van der Waals surface area (Å²) < 4.78 is 6.00. The highest BCUT2D eigenvalue weighted by atomic mass is 16.6. The monoisotopic (exact) mass is 353 g/mol. The largest absolute Gasteiger partial charge is 0.440 e. The van der Waals surface area contributed by atoms with Crippen molar-refractivity contribution in [3.8, 4) is 0 Å². The summed E-state index contributed by atoms with van der Waals surface area (Å²) in [7, 11) is 0. The Balaban J connectivity index is 5.84. The molecule has 0 spiro atoms. The van der Waals surface area contributed by atoms with E-state index in [-0.39, 0.29) is 11.4 Å². The second-order valence-corrected chi connectivity index (χ2v) is 7.75. The van der Waals surface area contributed by atoms with Crippen molar-refractivity contribution in [1.29, 1.82) is 0 Å². The lowest BCUT2D eigenvalue weighted by Crippen LogP contribution is -2.58. The van der Waals surface area contributed by atoms with E-state index in [1.54, 1.807) is 6.92 Å². The molecule has 0 heterocycles. The third-order valence-electron chi connectivity index (χ3n) is 5.45. The molecular formula is C22H43NO2. The van der Waals surface area contributed by atoms with Gasteiger partial charge in [-0.3, -0.25) is 5.73 Å². The minimum atomic E-state index is -0.890.